The summed E-state index contributed by atoms with van der Waals surface area (Å²) in [6, 6.07) is 19.1. The zero-order valence-electron chi connectivity index (χ0n) is 16.6. The van der Waals surface area contributed by atoms with Gasteiger partial charge in [0.25, 0.3) is 0 Å². The van der Waals surface area contributed by atoms with Crippen LogP contribution in [-0.4, -0.2) is 18.0 Å². The van der Waals surface area contributed by atoms with E-state index in [0.717, 1.165) is 17.5 Å². The number of alkyl carbamates (subject to hydrolysis) is 1. The summed E-state index contributed by atoms with van der Waals surface area (Å²) in [6.45, 7) is 6.16. The molecule has 28 heavy (non-hydrogen) atoms. The third-order valence-corrected chi connectivity index (χ3v) is 5.29. The highest BCUT2D eigenvalue weighted by Gasteiger charge is 2.59. The Kier molecular flexibility index (Phi) is 6.02. The first-order chi connectivity index (χ1) is 13.4. The summed E-state index contributed by atoms with van der Waals surface area (Å²) < 4.78 is 5.41. The van der Waals surface area contributed by atoms with Gasteiger partial charge in [-0.25, -0.2) is 4.79 Å². The summed E-state index contributed by atoms with van der Waals surface area (Å²) in [5, 5.41) is 5.99. The van der Waals surface area contributed by atoms with Crippen molar-refractivity contribution in [3.63, 3.8) is 0 Å². The fraction of sp³-hybridized carbons (Fsp3) is 0.391. The maximum absolute atomic E-state index is 12.5. The van der Waals surface area contributed by atoms with E-state index in [0.29, 0.717) is 0 Å². The van der Waals surface area contributed by atoms with Gasteiger partial charge in [-0.2, -0.15) is 0 Å². The normalized spacial score (nSPS) is 21.6. The average molecular weight is 380 g/mol. The fourth-order valence-electron chi connectivity index (χ4n) is 3.63. The number of carbonyl (C=O) groups is 2. The van der Waals surface area contributed by atoms with Crippen LogP contribution < -0.4 is 10.6 Å². The van der Waals surface area contributed by atoms with Crippen LogP contribution in [0.1, 0.15) is 44.4 Å². The number of rotatable bonds is 7. The Bertz CT molecular complexity index is 807. The van der Waals surface area contributed by atoms with Gasteiger partial charge in [-0.1, -0.05) is 67.6 Å². The molecule has 1 aliphatic rings. The Morgan fingerprint density at radius 3 is 2.25 bits per heavy atom. The standard InChI is InChI=1S/C23H28N2O3/c1-16(2)24-21(26)19-14-23(19,3)20(18-12-8-5-9-13-18)25-22(27)28-15-17-10-6-4-7-11-17/h4-13,16,19-20H,14-15H2,1-3H3,(H,24,26)(H,25,27)/t19?,20?,23-/m1/s1. The molecule has 2 N–H and O–H groups in total. The molecule has 0 heterocycles. The van der Waals surface area contributed by atoms with E-state index >= 15 is 0 Å². The molecule has 0 aliphatic heterocycles. The third-order valence-electron chi connectivity index (χ3n) is 5.29. The lowest BCUT2D eigenvalue weighted by atomic mass is 9.89. The lowest BCUT2D eigenvalue weighted by molar-refractivity contribution is -0.123. The molecule has 0 saturated heterocycles. The molecule has 3 atom stereocenters. The summed E-state index contributed by atoms with van der Waals surface area (Å²) in [5.74, 6) is -0.0904. The molecule has 2 aromatic carbocycles. The SMILES string of the molecule is CC(C)NC(=O)C1C[C@@]1(C)C(NC(=O)OCc1ccccc1)c1ccccc1. The number of carbonyl (C=O) groups excluding carboxylic acids is 2. The Hall–Kier alpha value is -2.82. The van der Waals surface area contributed by atoms with Crippen molar-refractivity contribution < 1.29 is 14.3 Å². The predicted octanol–water partition coefficient (Wildman–Crippen LogP) is 4.20. The molecule has 0 spiro atoms. The van der Waals surface area contributed by atoms with Crippen molar-refractivity contribution in [2.75, 3.05) is 0 Å². The van der Waals surface area contributed by atoms with E-state index in [-0.39, 0.29) is 35.9 Å². The van der Waals surface area contributed by atoms with Crippen molar-refractivity contribution in [1.82, 2.24) is 10.6 Å². The highest BCUT2D eigenvalue weighted by Crippen LogP contribution is 2.60. The quantitative estimate of drug-likeness (QED) is 0.756. The summed E-state index contributed by atoms with van der Waals surface area (Å²) in [6.07, 6.45) is 0.248. The van der Waals surface area contributed by atoms with Crippen LogP contribution in [-0.2, 0) is 16.1 Å². The minimum atomic E-state index is -0.478. The monoisotopic (exact) mass is 380 g/mol. The Morgan fingerprint density at radius 1 is 1.04 bits per heavy atom. The zero-order valence-corrected chi connectivity index (χ0v) is 16.6. The first-order valence-corrected chi connectivity index (χ1v) is 9.72. The molecule has 5 nitrogen and oxygen atoms in total. The van der Waals surface area contributed by atoms with Crippen LogP contribution in [0.5, 0.6) is 0 Å². The fourth-order valence-corrected chi connectivity index (χ4v) is 3.63. The van der Waals surface area contributed by atoms with E-state index < -0.39 is 6.09 Å². The number of hydrogen-bond acceptors (Lipinski definition) is 3. The molecule has 1 fully saturated rings. The van der Waals surface area contributed by atoms with Crippen molar-refractivity contribution in [3.05, 3.63) is 71.8 Å². The number of amides is 2. The van der Waals surface area contributed by atoms with E-state index in [1.165, 1.54) is 0 Å². The molecule has 0 radical (unpaired) electrons. The minimum absolute atomic E-state index is 0.0397. The van der Waals surface area contributed by atoms with Gasteiger partial charge >= 0.3 is 6.09 Å². The number of benzene rings is 2. The molecule has 0 aromatic heterocycles. The van der Waals surface area contributed by atoms with Crippen LogP contribution in [0, 0.1) is 11.3 Å². The molecule has 148 valence electrons. The number of nitrogens with one attached hydrogen (secondary N) is 2. The summed E-state index contributed by atoms with van der Waals surface area (Å²) >= 11 is 0. The molecule has 1 saturated carbocycles. The van der Waals surface area contributed by atoms with Gasteiger partial charge in [-0.3, -0.25) is 4.79 Å². The van der Waals surface area contributed by atoms with Crippen LogP contribution in [0.25, 0.3) is 0 Å². The third kappa shape index (κ3) is 4.71. The van der Waals surface area contributed by atoms with Gasteiger partial charge in [0, 0.05) is 17.4 Å². The van der Waals surface area contributed by atoms with Crippen LogP contribution >= 0.6 is 0 Å². The smallest absolute Gasteiger partial charge is 0.407 e. The topological polar surface area (TPSA) is 67.4 Å². The maximum Gasteiger partial charge on any atom is 0.407 e. The molecule has 2 aromatic rings. The average Bonchev–Trinajstić information content (AvgIpc) is 3.38. The molecule has 2 unspecified atom stereocenters. The van der Waals surface area contributed by atoms with Gasteiger partial charge in [0.05, 0.1) is 6.04 Å². The highest BCUT2D eigenvalue weighted by atomic mass is 16.5. The lowest BCUT2D eigenvalue weighted by Crippen LogP contribution is -2.38. The molecule has 2 amide bonds. The van der Waals surface area contributed by atoms with E-state index in [4.69, 9.17) is 4.74 Å². The van der Waals surface area contributed by atoms with Crippen molar-refractivity contribution in [2.24, 2.45) is 11.3 Å². The van der Waals surface area contributed by atoms with Crippen LogP contribution in [0.4, 0.5) is 4.79 Å². The largest absolute Gasteiger partial charge is 0.445 e. The van der Waals surface area contributed by atoms with E-state index in [9.17, 15) is 9.59 Å². The van der Waals surface area contributed by atoms with Gasteiger partial charge in [-0.15, -0.1) is 0 Å². The van der Waals surface area contributed by atoms with Gasteiger partial charge < -0.3 is 15.4 Å². The molecule has 0 bridgehead atoms. The zero-order chi connectivity index (χ0) is 20.1. The van der Waals surface area contributed by atoms with Crippen molar-refractivity contribution in [3.8, 4) is 0 Å². The first kappa shape index (κ1) is 19.9. The van der Waals surface area contributed by atoms with Crippen molar-refractivity contribution >= 4 is 12.0 Å². The second kappa shape index (κ2) is 8.46. The maximum atomic E-state index is 12.5. The van der Waals surface area contributed by atoms with E-state index in [1.807, 2.05) is 81.4 Å². The second-order valence-corrected chi connectivity index (χ2v) is 7.98. The van der Waals surface area contributed by atoms with Gasteiger partial charge in [0.15, 0.2) is 0 Å². The summed E-state index contributed by atoms with van der Waals surface area (Å²) in [7, 11) is 0. The summed E-state index contributed by atoms with van der Waals surface area (Å²) in [4.78, 5) is 25.0. The molecule has 3 rings (SSSR count). The van der Waals surface area contributed by atoms with Gasteiger partial charge in [0.1, 0.15) is 6.61 Å². The number of ether oxygens (including phenoxy) is 1. The van der Waals surface area contributed by atoms with Gasteiger partial charge in [-0.05, 0) is 31.4 Å². The molecular formula is C23H28N2O3. The van der Waals surface area contributed by atoms with E-state index in [2.05, 4.69) is 10.6 Å². The van der Waals surface area contributed by atoms with Crippen LogP contribution in [0.15, 0.2) is 60.7 Å². The predicted molar refractivity (Wildman–Crippen MR) is 108 cm³/mol. The lowest BCUT2D eigenvalue weighted by Gasteiger charge is -2.26. The minimum Gasteiger partial charge on any atom is -0.445 e. The Labute approximate surface area is 166 Å². The first-order valence-electron chi connectivity index (χ1n) is 9.72. The van der Waals surface area contributed by atoms with Crippen LogP contribution in [0.3, 0.4) is 0 Å². The molecule has 5 heteroatoms. The van der Waals surface area contributed by atoms with Gasteiger partial charge in [0.2, 0.25) is 5.91 Å². The van der Waals surface area contributed by atoms with E-state index in [1.54, 1.807) is 0 Å². The number of hydrogen-bond donors (Lipinski definition) is 2. The molecule has 1 aliphatic carbocycles. The summed E-state index contributed by atoms with van der Waals surface area (Å²) in [5.41, 5.74) is 1.56. The van der Waals surface area contributed by atoms with Crippen molar-refractivity contribution in [2.45, 2.75) is 45.9 Å². The molecular weight excluding hydrogens is 352 g/mol. The Balaban J connectivity index is 1.70. The Morgan fingerprint density at radius 2 is 1.64 bits per heavy atom. The second-order valence-electron chi connectivity index (χ2n) is 7.98. The van der Waals surface area contributed by atoms with Crippen molar-refractivity contribution in [1.29, 1.82) is 0 Å². The highest BCUT2D eigenvalue weighted by molar-refractivity contribution is 5.83. The van der Waals surface area contributed by atoms with Crippen LogP contribution in [0.2, 0.25) is 0 Å².